The van der Waals surface area contributed by atoms with Crippen LogP contribution in [0.1, 0.15) is 5.56 Å². The summed E-state index contributed by atoms with van der Waals surface area (Å²) >= 11 is 6.02. The van der Waals surface area contributed by atoms with E-state index in [0.717, 1.165) is 35.4 Å². The fourth-order valence-electron chi connectivity index (χ4n) is 3.01. The second-order valence-corrected chi connectivity index (χ2v) is 7.14. The number of hydrogen-bond acceptors (Lipinski definition) is 6. The average Bonchev–Trinajstić information content (AvgIpc) is 2.77. The first-order valence-corrected chi connectivity index (χ1v) is 10.4. The van der Waals surface area contributed by atoms with Gasteiger partial charge in [0.05, 0.1) is 39.1 Å². The van der Waals surface area contributed by atoms with Gasteiger partial charge in [-0.3, -0.25) is 4.98 Å². The molecule has 3 rings (SSSR count). The Labute approximate surface area is 182 Å². The maximum absolute atomic E-state index is 6.02. The van der Waals surface area contributed by atoms with Crippen molar-refractivity contribution in [3.8, 4) is 5.75 Å². The van der Waals surface area contributed by atoms with E-state index in [-0.39, 0.29) is 0 Å². The van der Waals surface area contributed by atoms with Gasteiger partial charge in [0, 0.05) is 41.9 Å². The van der Waals surface area contributed by atoms with Crippen LogP contribution >= 0.6 is 11.6 Å². The summed E-state index contributed by atoms with van der Waals surface area (Å²) in [7, 11) is 1.68. The Bertz CT molecular complexity index is 923. The van der Waals surface area contributed by atoms with Crippen molar-refractivity contribution in [2.24, 2.45) is 0 Å². The van der Waals surface area contributed by atoms with Gasteiger partial charge in [0.25, 0.3) is 0 Å². The number of aromatic nitrogens is 1. The molecule has 30 heavy (non-hydrogen) atoms. The van der Waals surface area contributed by atoms with Crippen LogP contribution in [0.5, 0.6) is 5.75 Å². The Hall–Kier alpha value is -2.38. The zero-order valence-electron chi connectivity index (χ0n) is 17.2. The minimum Gasteiger partial charge on any atom is -0.497 e. The van der Waals surface area contributed by atoms with Crippen LogP contribution in [0.15, 0.2) is 54.7 Å². The van der Waals surface area contributed by atoms with Crippen molar-refractivity contribution in [1.82, 2.24) is 10.3 Å². The molecule has 3 aromatic rings. The van der Waals surface area contributed by atoms with Gasteiger partial charge in [-0.2, -0.15) is 0 Å². The third-order valence-corrected chi connectivity index (χ3v) is 4.76. The Morgan fingerprint density at radius 3 is 2.60 bits per heavy atom. The quantitative estimate of drug-likeness (QED) is 0.398. The number of anilines is 1. The number of halogens is 1. The predicted molar refractivity (Wildman–Crippen MR) is 122 cm³/mol. The summed E-state index contributed by atoms with van der Waals surface area (Å²) in [4.78, 5) is 4.34. The lowest BCUT2D eigenvalue weighted by atomic mass is 10.2. The number of ether oxygens (including phenoxy) is 3. The summed E-state index contributed by atoms with van der Waals surface area (Å²) in [5.74, 6) is 0.874. The van der Waals surface area contributed by atoms with Crippen LogP contribution in [0.25, 0.3) is 10.9 Å². The molecule has 2 N–H and O–H groups in total. The molecule has 0 amide bonds. The van der Waals surface area contributed by atoms with Crippen LogP contribution in [0.2, 0.25) is 5.02 Å². The van der Waals surface area contributed by atoms with E-state index in [1.54, 1.807) is 13.3 Å². The first kappa shape index (κ1) is 22.3. The molecule has 1 aromatic heterocycles. The van der Waals surface area contributed by atoms with E-state index in [4.69, 9.17) is 25.8 Å². The first-order valence-electron chi connectivity index (χ1n) is 10.0. The molecular formula is C23H28ClN3O3. The molecule has 0 radical (unpaired) electrons. The normalized spacial score (nSPS) is 11.0. The standard InChI is InChI=1S/C23H28ClN3O3/c1-28-20-4-2-3-18(15-20)17-25-9-11-29-13-14-30-12-10-27-22-7-8-26-23-16-19(24)5-6-21(22)23/h2-8,15-16,25H,9-14,17H2,1H3,(H,26,27). The van der Waals surface area contributed by atoms with E-state index < -0.39 is 0 Å². The van der Waals surface area contributed by atoms with Crippen LogP contribution in [0.3, 0.4) is 0 Å². The Balaban J connectivity index is 1.21. The van der Waals surface area contributed by atoms with Crippen molar-refractivity contribution in [3.63, 3.8) is 0 Å². The predicted octanol–water partition coefficient (Wildman–Crippen LogP) is 4.13. The third kappa shape index (κ3) is 7.15. The smallest absolute Gasteiger partial charge is 0.119 e. The number of benzene rings is 2. The Morgan fingerprint density at radius 2 is 1.77 bits per heavy atom. The highest BCUT2D eigenvalue weighted by Crippen LogP contribution is 2.24. The van der Waals surface area contributed by atoms with Crippen molar-refractivity contribution in [2.75, 3.05) is 51.9 Å². The van der Waals surface area contributed by atoms with Crippen molar-refractivity contribution in [3.05, 3.63) is 65.3 Å². The molecule has 0 bridgehead atoms. The number of pyridine rings is 1. The van der Waals surface area contributed by atoms with Gasteiger partial charge in [0.1, 0.15) is 5.75 Å². The molecule has 0 unspecified atom stereocenters. The molecule has 160 valence electrons. The molecule has 0 fully saturated rings. The molecule has 0 atom stereocenters. The highest BCUT2D eigenvalue weighted by atomic mass is 35.5. The summed E-state index contributed by atoms with van der Waals surface area (Å²) in [6.07, 6.45) is 1.78. The molecule has 0 aliphatic rings. The zero-order chi connectivity index (χ0) is 21.0. The molecule has 0 aliphatic carbocycles. The zero-order valence-corrected chi connectivity index (χ0v) is 18.0. The molecule has 0 aliphatic heterocycles. The summed E-state index contributed by atoms with van der Waals surface area (Å²) < 4.78 is 16.5. The molecule has 0 spiro atoms. The third-order valence-electron chi connectivity index (χ3n) is 4.53. The molecular weight excluding hydrogens is 402 g/mol. The monoisotopic (exact) mass is 429 g/mol. The van der Waals surface area contributed by atoms with Gasteiger partial charge < -0.3 is 24.8 Å². The van der Waals surface area contributed by atoms with Crippen molar-refractivity contribution in [2.45, 2.75) is 6.54 Å². The highest BCUT2D eigenvalue weighted by molar-refractivity contribution is 6.31. The summed E-state index contributed by atoms with van der Waals surface area (Å²) in [6, 6.07) is 15.7. The van der Waals surface area contributed by atoms with E-state index >= 15 is 0 Å². The SMILES string of the molecule is COc1cccc(CNCCOCCOCCNc2ccnc3cc(Cl)ccc23)c1. The summed E-state index contributed by atoms with van der Waals surface area (Å²) in [5, 5.41) is 8.47. The molecule has 0 saturated heterocycles. The van der Waals surface area contributed by atoms with E-state index in [2.05, 4.69) is 21.7 Å². The second kappa shape index (κ2) is 12.3. The van der Waals surface area contributed by atoms with Gasteiger partial charge in [-0.1, -0.05) is 23.7 Å². The maximum Gasteiger partial charge on any atom is 0.119 e. The van der Waals surface area contributed by atoms with E-state index in [9.17, 15) is 0 Å². The molecule has 0 saturated carbocycles. The average molecular weight is 430 g/mol. The summed E-state index contributed by atoms with van der Waals surface area (Å²) in [6.45, 7) is 4.70. The van der Waals surface area contributed by atoms with Crippen LogP contribution in [-0.4, -0.2) is 51.6 Å². The lowest BCUT2D eigenvalue weighted by molar-refractivity contribution is 0.0527. The Kier molecular flexibility index (Phi) is 9.18. The Morgan fingerprint density at radius 1 is 0.933 bits per heavy atom. The lowest BCUT2D eigenvalue weighted by Gasteiger charge is -2.10. The van der Waals surface area contributed by atoms with Gasteiger partial charge in [0.15, 0.2) is 0 Å². The summed E-state index contributed by atoms with van der Waals surface area (Å²) in [5.41, 5.74) is 3.09. The number of fused-ring (bicyclic) bond motifs is 1. The number of nitrogens with zero attached hydrogens (tertiary/aromatic N) is 1. The van der Waals surface area contributed by atoms with Crippen LogP contribution < -0.4 is 15.4 Å². The molecule has 6 nitrogen and oxygen atoms in total. The lowest BCUT2D eigenvalue weighted by Crippen LogP contribution is -2.20. The van der Waals surface area contributed by atoms with Crippen molar-refractivity contribution < 1.29 is 14.2 Å². The second-order valence-electron chi connectivity index (χ2n) is 6.70. The minimum atomic E-state index is 0.574. The first-order chi connectivity index (χ1) is 14.8. The molecule has 2 aromatic carbocycles. The van der Waals surface area contributed by atoms with Crippen LogP contribution in [0.4, 0.5) is 5.69 Å². The number of nitrogens with one attached hydrogen (secondary N) is 2. The van der Waals surface area contributed by atoms with Crippen molar-refractivity contribution >= 4 is 28.2 Å². The van der Waals surface area contributed by atoms with E-state index in [1.165, 1.54) is 5.56 Å². The molecule has 1 heterocycles. The highest BCUT2D eigenvalue weighted by Gasteiger charge is 2.02. The number of hydrogen-bond donors (Lipinski definition) is 2. The van der Waals surface area contributed by atoms with Gasteiger partial charge >= 0.3 is 0 Å². The van der Waals surface area contributed by atoms with Crippen LogP contribution in [0, 0.1) is 0 Å². The van der Waals surface area contributed by atoms with Crippen molar-refractivity contribution in [1.29, 1.82) is 0 Å². The number of methoxy groups -OCH3 is 1. The van der Waals surface area contributed by atoms with Crippen LogP contribution in [-0.2, 0) is 16.0 Å². The van der Waals surface area contributed by atoms with Gasteiger partial charge in [0.2, 0.25) is 0 Å². The minimum absolute atomic E-state index is 0.574. The largest absolute Gasteiger partial charge is 0.497 e. The topological polar surface area (TPSA) is 64.6 Å². The van der Waals surface area contributed by atoms with Gasteiger partial charge in [-0.25, -0.2) is 0 Å². The fraction of sp³-hybridized carbons (Fsp3) is 0.348. The number of rotatable bonds is 13. The van der Waals surface area contributed by atoms with Gasteiger partial charge in [-0.05, 0) is 42.0 Å². The van der Waals surface area contributed by atoms with E-state index in [0.29, 0.717) is 38.0 Å². The maximum atomic E-state index is 6.02. The fourth-order valence-corrected chi connectivity index (χ4v) is 3.18. The van der Waals surface area contributed by atoms with Gasteiger partial charge in [-0.15, -0.1) is 0 Å². The molecule has 7 heteroatoms. The van der Waals surface area contributed by atoms with E-state index in [1.807, 2.05) is 42.5 Å².